The molecule has 0 saturated carbocycles. The summed E-state index contributed by atoms with van der Waals surface area (Å²) < 4.78 is 22.0. The van der Waals surface area contributed by atoms with Crippen LogP contribution in [0.2, 0.25) is 0 Å². The average molecular weight is 386 g/mol. The van der Waals surface area contributed by atoms with Gasteiger partial charge in [0.2, 0.25) is 0 Å². The number of hydrogen-bond acceptors (Lipinski definition) is 4. The van der Waals surface area contributed by atoms with E-state index in [0.717, 1.165) is 34.4 Å². The summed E-state index contributed by atoms with van der Waals surface area (Å²) in [5.41, 5.74) is 2.99. The Morgan fingerprint density at radius 3 is 2.48 bits per heavy atom. The molecule has 0 aliphatic rings. The summed E-state index contributed by atoms with van der Waals surface area (Å²) >= 11 is 1.48. The van der Waals surface area contributed by atoms with Crippen molar-refractivity contribution in [1.82, 2.24) is 14.8 Å². The number of rotatable bonds is 7. The first-order valence-electron chi connectivity index (χ1n) is 9.02. The highest BCUT2D eigenvalue weighted by Gasteiger charge is 2.19. The van der Waals surface area contributed by atoms with Gasteiger partial charge < -0.3 is 9.30 Å². The molecule has 0 spiro atoms. The van der Waals surface area contributed by atoms with Crippen LogP contribution in [0.5, 0.6) is 5.75 Å². The summed E-state index contributed by atoms with van der Waals surface area (Å²) in [5, 5.41) is 9.41. The number of hydrogen-bond donors (Lipinski definition) is 0. The summed E-state index contributed by atoms with van der Waals surface area (Å²) in [7, 11) is 0. The van der Waals surface area contributed by atoms with E-state index in [-0.39, 0.29) is 11.9 Å². The number of ether oxygens (including phenoxy) is 1. The van der Waals surface area contributed by atoms with Gasteiger partial charge in [0.25, 0.3) is 0 Å². The van der Waals surface area contributed by atoms with E-state index in [0.29, 0.717) is 11.3 Å². The van der Waals surface area contributed by atoms with Crippen molar-refractivity contribution in [3.05, 3.63) is 70.8 Å². The van der Waals surface area contributed by atoms with Gasteiger partial charge >= 0.3 is 0 Å². The first kappa shape index (κ1) is 19.4. The van der Waals surface area contributed by atoms with Gasteiger partial charge in [0.15, 0.2) is 17.1 Å². The molecule has 0 aliphatic carbocycles. The van der Waals surface area contributed by atoms with Crippen LogP contribution in [0, 0.1) is 19.7 Å². The molecule has 1 unspecified atom stereocenters. The lowest BCUT2D eigenvalue weighted by Gasteiger charge is -2.16. The van der Waals surface area contributed by atoms with Gasteiger partial charge in [0.05, 0.1) is 0 Å². The highest BCUT2D eigenvalue weighted by Crippen LogP contribution is 2.27. The van der Waals surface area contributed by atoms with Crippen LogP contribution in [-0.2, 0) is 12.3 Å². The first-order valence-corrected chi connectivity index (χ1v) is 10.0. The maximum atomic E-state index is 13.8. The summed E-state index contributed by atoms with van der Waals surface area (Å²) in [4.78, 5) is 0. The normalized spacial score (nSPS) is 12.2. The summed E-state index contributed by atoms with van der Waals surface area (Å²) in [5.74, 6) is 1.91. The predicted molar refractivity (Wildman–Crippen MR) is 107 cm³/mol. The SMILES string of the molecule is CCn1c(SCc2ccccc2F)nnc1C(C)Oc1cc(C)cc(C)c1. The van der Waals surface area contributed by atoms with Gasteiger partial charge in [-0.25, -0.2) is 4.39 Å². The molecule has 0 bridgehead atoms. The van der Waals surface area contributed by atoms with E-state index in [1.165, 1.54) is 17.8 Å². The molecule has 0 amide bonds. The Kier molecular flexibility index (Phi) is 6.16. The Balaban J connectivity index is 1.75. The second kappa shape index (κ2) is 8.57. The van der Waals surface area contributed by atoms with E-state index in [1.54, 1.807) is 12.1 Å². The molecule has 1 heterocycles. The van der Waals surface area contributed by atoms with Crippen LogP contribution in [-0.4, -0.2) is 14.8 Å². The predicted octanol–water partition coefficient (Wildman–Crippen LogP) is 5.49. The second-order valence-corrected chi connectivity index (χ2v) is 7.49. The molecule has 0 radical (unpaired) electrons. The highest BCUT2D eigenvalue weighted by molar-refractivity contribution is 7.98. The lowest BCUT2D eigenvalue weighted by molar-refractivity contribution is 0.209. The Labute approximate surface area is 163 Å². The topological polar surface area (TPSA) is 39.9 Å². The largest absolute Gasteiger partial charge is 0.483 e. The van der Waals surface area contributed by atoms with Crippen LogP contribution in [0.1, 0.15) is 42.5 Å². The second-order valence-electron chi connectivity index (χ2n) is 6.55. The van der Waals surface area contributed by atoms with Crippen LogP contribution in [0.15, 0.2) is 47.6 Å². The molecule has 1 aromatic heterocycles. The van der Waals surface area contributed by atoms with Gasteiger partial charge in [-0.3, -0.25) is 0 Å². The summed E-state index contributed by atoms with van der Waals surface area (Å²) in [6, 6.07) is 13.0. The maximum Gasteiger partial charge on any atom is 0.191 e. The fraction of sp³-hybridized carbons (Fsp3) is 0.333. The third-order valence-electron chi connectivity index (χ3n) is 4.25. The molecule has 0 saturated heterocycles. The molecule has 3 aromatic rings. The summed E-state index contributed by atoms with van der Waals surface area (Å²) in [6.45, 7) is 8.85. The molecule has 3 rings (SSSR count). The molecule has 4 nitrogen and oxygen atoms in total. The Bertz CT molecular complexity index is 905. The van der Waals surface area contributed by atoms with E-state index in [9.17, 15) is 4.39 Å². The molecule has 1 atom stereocenters. The van der Waals surface area contributed by atoms with E-state index in [4.69, 9.17) is 4.74 Å². The highest BCUT2D eigenvalue weighted by atomic mass is 32.2. The smallest absolute Gasteiger partial charge is 0.191 e. The number of aryl methyl sites for hydroxylation is 2. The fourth-order valence-electron chi connectivity index (χ4n) is 3.02. The van der Waals surface area contributed by atoms with E-state index in [1.807, 2.05) is 36.6 Å². The molecule has 2 aromatic carbocycles. The van der Waals surface area contributed by atoms with Crippen LogP contribution in [0.25, 0.3) is 0 Å². The zero-order chi connectivity index (χ0) is 19.4. The van der Waals surface area contributed by atoms with Gasteiger partial charge in [-0.1, -0.05) is 36.0 Å². The third-order valence-corrected chi connectivity index (χ3v) is 5.26. The van der Waals surface area contributed by atoms with E-state index >= 15 is 0 Å². The fourth-order valence-corrected chi connectivity index (χ4v) is 4.02. The monoisotopic (exact) mass is 385 g/mol. The minimum atomic E-state index is -0.235. The molecule has 27 heavy (non-hydrogen) atoms. The molecular formula is C21H24FN3OS. The number of aromatic nitrogens is 3. The Morgan fingerprint density at radius 2 is 1.81 bits per heavy atom. The standard InChI is InChI=1S/C21H24FN3OS/c1-5-25-20(16(4)26-18-11-14(2)10-15(3)12-18)23-24-21(25)27-13-17-8-6-7-9-19(17)22/h6-12,16H,5,13H2,1-4H3. The minimum absolute atomic E-state index is 0.195. The van der Waals surface area contributed by atoms with Crippen molar-refractivity contribution in [3.63, 3.8) is 0 Å². The van der Waals surface area contributed by atoms with Crippen molar-refractivity contribution in [2.24, 2.45) is 0 Å². The lowest BCUT2D eigenvalue weighted by atomic mass is 10.1. The van der Waals surface area contributed by atoms with Crippen LogP contribution in [0.3, 0.4) is 0 Å². The van der Waals surface area contributed by atoms with Crippen molar-refractivity contribution >= 4 is 11.8 Å². The van der Waals surface area contributed by atoms with Crippen molar-refractivity contribution in [3.8, 4) is 5.75 Å². The molecule has 6 heteroatoms. The molecule has 142 valence electrons. The van der Waals surface area contributed by atoms with Crippen molar-refractivity contribution in [2.45, 2.75) is 51.3 Å². The minimum Gasteiger partial charge on any atom is -0.483 e. The summed E-state index contributed by atoms with van der Waals surface area (Å²) in [6.07, 6.45) is -0.235. The number of benzene rings is 2. The first-order chi connectivity index (χ1) is 13.0. The van der Waals surface area contributed by atoms with E-state index < -0.39 is 0 Å². The quantitative estimate of drug-likeness (QED) is 0.505. The number of halogens is 1. The van der Waals surface area contributed by atoms with Crippen LogP contribution in [0.4, 0.5) is 4.39 Å². The van der Waals surface area contributed by atoms with Crippen LogP contribution < -0.4 is 4.74 Å². The van der Waals surface area contributed by atoms with Gasteiger partial charge in [-0.05, 0) is 62.6 Å². The zero-order valence-electron chi connectivity index (χ0n) is 16.1. The number of thioether (sulfide) groups is 1. The van der Waals surface area contributed by atoms with Crippen molar-refractivity contribution in [2.75, 3.05) is 0 Å². The van der Waals surface area contributed by atoms with Gasteiger partial charge in [0.1, 0.15) is 11.6 Å². The Hall–Kier alpha value is -2.34. The lowest BCUT2D eigenvalue weighted by Crippen LogP contribution is -2.12. The van der Waals surface area contributed by atoms with Crippen LogP contribution >= 0.6 is 11.8 Å². The van der Waals surface area contributed by atoms with Gasteiger partial charge in [-0.2, -0.15) is 0 Å². The average Bonchev–Trinajstić information content (AvgIpc) is 3.03. The Morgan fingerprint density at radius 1 is 1.11 bits per heavy atom. The molecular weight excluding hydrogens is 361 g/mol. The van der Waals surface area contributed by atoms with Gasteiger partial charge in [0, 0.05) is 12.3 Å². The molecule has 0 N–H and O–H groups in total. The van der Waals surface area contributed by atoms with Gasteiger partial charge in [-0.15, -0.1) is 10.2 Å². The molecule has 0 fully saturated rings. The van der Waals surface area contributed by atoms with Crippen molar-refractivity contribution in [1.29, 1.82) is 0 Å². The zero-order valence-corrected chi connectivity index (χ0v) is 16.9. The number of nitrogens with zero attached hydrogens (tertiary/aromatic N) is 3. The van der Waals surface area contributed by atoms with Crippen molar-refractivity contribution < 1.29 is 9.13 Å². The van der Waals surface area contributed by atoms with E-state index in [2.05, 4.69) is 30.1 Å². The third kappa shape index (κ3) is 4.69. The maximum absolute atomic E-state index is 13.8. The molecule has 0 aliphatic heterocycles.